The molecule has 18 heavy (non-hydrogen) atoms. The molecule has 0 saturated carbocycles. The molecule has 0 spiro atoms. The van der Waals surface area contributed by atoms with Crippen LogP contribution in [0.1, 0.15) is 18.5 Å². The van der Waals surface area contributed by atoms with Gasteiger partial charge in [0.05, 0.1) is 25.3 Å². The molecule has 0 fully saturated rings. The third-order valence-corrected chi connectivity index (χ3v) is 2.39. The fraction of sp³-hybridized carbons (Fsp3) is 0.417. The molecule has 0 radical (unpaired) electrons. The van der Waals surface area contributed by atoms with Crippen molar-refractivity contribution in [2.24, 2.45) is 5.73 Å². The quantitative estimate of drug-likeness (QED) is 0.818. The number of halogens is 2. The van der Waals surface area contributed by atoms with E-state index in [1.807, 2.05) is 0 Å². The van der Waals surface area contributed by atoms with Gasteiger partial charge in [0.25, 0.3) is 0 Å². The van der Waals surface area contributed by atoms with E-state index in [1.165, 1.54) is 19.2 Å². The van der Waals surface area contributed by atoms with Gasteiger partial charge in [-0.3, -0.25) is 0 Å². The van der Waals surface area contributed by atoms with Gasteiger partial charge in [-0.25, -0.2) is 13.6 Å². The summed E-state index contributed by atoms with van der Waals surface area (Å²) in [4.78, 5) is 11.2. The van der Waals surface area contributed by atoms with Crippen molar-refractivity contribution in [1.29, 1.82) is 0 Å². The Morgan fingerprint density at radius 3 is 2.72 bits per heavy atom. The van der Waals surface area contributed by atoms with Crippen LogP contribution in [0.5, 0.6) is 5.75 Å². The monoisotopic (exact) mass is 259 g/mol. The number of hydrogen-bond acceptors (Lipinski definition) is 4. The van der Waals surface area contributed by atoms with Crippen LogP contribution in [0, 0.1) is 5.82 Å². The molecule has 2 N–H and O–H groups in total. The lowest BCUT2D eigenvalue weighted by Crippen LogP contribution is -2.32. The first-order valence-corrected chi connectivity index (χ1v) is 5.41. The summed E-state index contributed by atoms with van der Waals surface area (Å²) in [6.07, 6.45) is -2.14. The van der Waals surface area contributed by atoms with Gasteiger partial charge >= 0.3 is 5.97 Å². The number of nitrogens with two attached hydrogens (primary N) is 1. The molecule has 1 aromatic rings. The number of benzene rings is 1. The second-order valence-corrected chi connectivity index (χ2v) is 3.54. The number of alkyl halides is 1. The van der Waals surface area contributed by atoms with Gasteiger partial charge in [-0.2, -0.15) is 0 Å². The summed E-state index contributed by atoms with van der Waals surface area (Å²) in [5.41, 5.74) is 5.37. The summed E-state index contributed by atoms with van der Waals surface area (Å²) < 4.78 is 36.8. The van der Waals surface area contributed by atoms with E-state index in [4.69, 9.17) is 10.5 Å². The van der Waals surface area contributed by atoms with E-state index in [1.54, 1.807) is 6.92 Å². The third kappa shape index (κ3) is 2.95. The first-order chi connectivity index (χ1) is 8.52. The van der Waals surface area contributed by atoms with Crippen molar-refractivity contribution >= 4 is 5.97 Å². The maximum atomic E-state index is 13.7. The molecule has 1 aromatic carbocycles. The Bertz CT molecular complexity index is 426. The van der Waals surface area contributed by atoms with E-state index in [0.717, 1.165) is 6.07 Å². The van der Waals surface area contributed by atoms with Gasteiger partial charge in [0, 0.05) is 0 Å². The number of carbonyl (C=O) groups excluding carboxylic acids is 1. The summed E-state index contributed by atoms with van der Waals surface area (Å²) in [5.74, 6) is -1.75. The van der Waals surface area contributed by atoms with Crippen LogP contribution in [0.2, 0.25) is 0 Å². The van der Waals surface area contributed by atoms with Crippen LogP contribution in [0.25, 0.3) is 0 Å². The van der Waals surface area contributed by atoms with Crippen molar-refractivity contribution < 1.29 is 23.0 Å². The minimum atomic E-state index is -2.14. The Kier molecular flexibility index (Phi) is 5.03. The minimum absolute atomic E-state index is 0.0282. The van der Waals surface area contributed by atoms with Crippen molar-refractivity contribution in [3.05, 3.63) is 29.6 Å². The van der Waals surface area contributed by atoms with E-state index in [2.05, 4.69) is 4.74 Å². The van der Waals surface area contributed by atoms with Crippen LogP contribution in [0.4, 0.5) is 8.78 Å². The van der Waals surface area contributed by atoms with E-state index in [0.29, 0.717) is 0 Å². The minimum Gasteiger partial charge on any atom is -0.496 e. The molecule has 0 bridgehead atoms. The summed E-state index contributed by atoms with van der Waals surface area (Å²) in [5, 5.41) is 0. The van der Waals surface area contributed by atoms with Gasteiger partial charge in [0.15, 0.2) is 0 Å². The average molecular weight is 259 g/mol. The molecule has 0 saturated heterocycles. The summed E-state index contributed by atoms with van der Waals surface area (Å²) in [6.45, 7) is 1.57. The molecule has 2 atom stereocenters. The molecule has 0 aromatic heterocycles. The highest BCUT2D eigenvalue weighted by molar-refractivity contribution is 5.76. The van der Waals surface area contributed by atoms with Gasteiger partial charge in [0.1, 0.15) is 11.6 Å². The second kappa shape index (κ2) is 6.30. The predicted octanol–water partition coefficient (Wildman–Crippen LogP) is 1.74. The zero-order valence-electron chi connectivity index (χ0n) is 10.2. The van der Waals surface area contributed by atoms with Crippen LogP contribution in [-0.2, 0) is 9.53 Å². The van der Waals surface area contributed by atoms with Crippen LogP contribution in [0.15, 0.2) is 18.2 Å². The molecule has 6 heteroatoms. The smallest absolute Gasteiger partial charge is 0.342 e. The highest BCUT2D eigenvalue weighted by Crippen LogP contribution is 2.29. The highest BCUT2D eigenvalue weighted by atomic mass is 19.1. The molecule has 1 unspecified atom stereocenters. The Labute approximate surface area is 104 Å². The maximum Gasteiger partial charge on any atom is 0.342 e. The Balaban J connectivity index is 3.02. The van der Waals surface area contributed by atoms with E-state index in [9.17, 15) is 13.6 Å². The number of esters is 1. The van der Waals surface area contributed by atoms with Crippen molar-refractivity contribution in [2.75, 3.05) is 13.7 Å². The zero-order valence-corrected chi connectivity index (χ0v) is 10.2. The number of ether oxygens (including phenoxy) is 2. The second-order valence-electron chi connectivity index (χ2n) is 3.54. The average Bonchev–Trinajstić information content (AvgIpc) is 2.36. The molecular weight excluding hydrogens is 244 g/mol. The van der Waals surface area contributed by atoms with Crippen LogP contribution >= 0.6 is 0 Å². The van der Waals surface area contributed by atoms with Crippen molar-refractivity contribution in [3.63, 3.8) is 0 Å². The van der Waals surface area contributed by atoms with Gasteiger partial charge in [0.2, 0.25) is 6.17 Å². The molecular formula is C12H15F2NO3. The molecule has 0 aliphatic carbocycles. The van der Waals surface area contributed by atoms with Gasteiger partial charge in [-0.15, -0.1) is 0 Å². The Morgan fingerprint density at radius 2 is 2.17 bits per heavy atom. The first kappa shape index (κ1) is 14.4. The molecule has 4 nitrogen and oxygen atoms in total. The van der Waals surface area contributed by atoms with Crippen molar-refractivity contribution in [3.8, 4) is 5.75 Å². The van der Waals surface area contributed by atoms with Crippen LogP contribution in [-0.4, -0.2) is 25.9 Å². The fourth-order valence-corrected chi connectivity index (χ4v) is 1.53. The highest BCUT2D eigenvalue weighted by Gasteiger charge is 2.31. The summed E-state index contributed by atoms with van der Waals surface area (Å²) >= 11 is 0. The molecule has 100 valence electrons. The summed E-state index contributed by atoms with van der Waals surface area (Å²) in [7, 11) is 1.31. The largest absolute Gasteiger partial charge is 0.496 e. The first-order valence-electron chi connectivity index (χ1n) is 5.41. The zero-order chi connectivity index (χ0) is 13.7. The van der Waals surface area contributed by atoms with E-state index in [-0.39, 0.29) is 17.9 Å². The van der Waals surface area contributed by atoms with Gasteiger partial charge in [-0.1, -0.05) is 6.07 Å². The van der Waals surface area contributed by atoms with E-state index >= 15 is 0 Å². The predicted molar refractivity (Wildman–Crippen MR) is 61.4 cm³/mol. The summed E-state index contributed by atoms with van der Waals surface area (Å²) in [6, 6.07) is 2.49. The Hall–Kier alpha value is -1.69. The number of methoxy groups -OCH3 is 1. The third-order valence-electron chi connectivity index (χ3n) is 2.39. The lowest BCUT2D eigenvalue weighted by atomic mass is 10.0. The van der Waals surface area contributed by atoms with Crippen LogP contribution < -0.4 is 10.5 Å². The molecule has 0 heterocycles. The van der Waals surface area contributed by atoms with Crippen LogP contribution in [0.3, 0.4) is 0 Å². The normalized spacial score (nSPS) is 13.8. The maximum absolute atomic E-state index is 13.7. The number of hydrogen-bond donors (Lipinski definition) is 1. The topological polar surface area (TPSA) is 61.5 Å². The fourth-order valence-electron chi connectivity index (χ4n) is 1.53. The van der Waals surface area contributed by atoms with Crippen molar-refractivity contribution in [2.45, 2.75) is 19.1 Å². The van der Waals surface area contributed by atoms with E-state index < -0.39 is 24.0 Å². The lowest BCUT2D eigenvalue weighted by molar-refractivity contribution is -0.150. The number of carbonyl (C=O) groups is 1. The number of rotatable bonds is 5. The molecule has 0 amide bonds. The molecule has 0 aliphatic heterocycles. The standard InChI is InChI=1S/C12H15F2NO3/c1-3-18-12(16)10(14)11(15)9-7(13)5-4-6-8(9)17-2/h4-6,10-11H,3,15H2,1-2H3/t10?,11-/m1/s1. The Morgan fingerprint density at radius 1 is 1.50 bits per heavy atom. The molecule has 0 aliphatic rings. The van der Waals surface area contributed by atoms with Crippen molar-refractivity contribution in [1.82, 2.24) is 0 Å². The SMILES string of the molecule is CCOC(=O)C(F)[C@H](N)c1c(F)cccc1OC. The molecule has 1 rings (SSSR count). The van der Waals surface area contributed by atoms with Gasteiger partial charge in [-0.05, 0) is 19.1 Å². The lowest BCUT2D eigenvalue weighted by Gasteiger charge is -2.18. The van der Waals surface area contributed by atoms with Gasteiger partial charge < -0.3 is 15.2 Å².